The summed E-state index contributed by atoms with van der Waals surface area (Å²) in [5.74, 6) is -1.16. The summed E-state index contributed by atoms with van der Waals surface area (Å²) in [7, 11) is 0. The number of aromatic nitrogens is 1. The van der Waals surface area contributed by atoms with E-state index in [0.717, 1.165) is 22.3 Å². The van der Waals surface area contributed by atoms with Gasteiger partial charge in [-0.3, -0.25) is 23.9 Å². The molecule has 1 amide bonds. The molecule has 1 N–H and O–H groups in total. The van der Waals surface area contributed by atoms with E-state index in [1.807, 2.05) is 30.5 Å². The first-order chi connectivity index (χ1) is 15.8. The number of carbonyl (C=O) groups excluding carboxylic acids is 2. The molecule has 0 aliphatic carbocycles. The topological polar surface area (TPSA) is 103 Å². The summed E-state index contributed by atoms with van der Waals surface area (Å²) in [5.41, 5.74) is -0.658. The number of aromatic hydroxyl groups is 1. The van der Waals surface area contributed by atoms with Gasteiger partial charge in [0.25, 0.3) is 11.5 Å². The number of ketones is 1. The first-order valence-corrected chi connectivity index (χ1v) is 12.6. The lowest BCUT2D eigenvalue weighted by atomic mass is 9.99. The molecule has 1 saturated heterocycles. The van der Waals surface area contributed by atoms with Gasteiger partial charge in [-0.1, -0.05) is 49.8 Å². The third-order valence-corrected chi connectivity index (χ3v) is 7.51. The van der Waals surface area contributed by atoms with Crippen molar-refractivity contribution in [3.05, 3.63) is 54.3 Å². The van der Waals surface area contributed by atoms with Crippen LogP contribution in [0, 0.1) is 18.3 Å². The summed E-state index contributed by atoms with van der Waals surface area (Å²) in [6.45, 7) is 3.75. The lowest BCUT2D eigenvalue weighted by molar-refractivity contribution is -0.122. The number of nitrogens with zero attached hydrogens (tertiary/aromatic N) is 3. The summed E-state index contributed by atoms with van der Waals surface area (Å²) in [6.07, 6.45) is 4.07. The summed E-state index contributed by atoms with van der Waals surface area (Å²) in [4.78, 5) is 41.3. The minimum Gasteiger partial charge on any atom is -0.494 e. The molecular weight excluding hydrogens is 478 g/mol. The van der Waals surface area contributed by atoms with E-state index in [9.17, 15) is 24.8 Å². The van der Waals surface area contributed by atoms with Gasteiger partial charge in [-0.2, -0.15) is 5.26 Å². The summed E-state index contributed by atoms with van der Waals surface area (Å²) in [6, 6.07) is 5.65. The molecule has 172 valence electrons. The van der Waals surface area contributed by atoms with Gasteiger partial charge < -0.3 is 5.11 Å². The molecule has 0 unspecified atom stereocenters. The third-order valence-electron chi connectivity index (χ3n) is 5.32. The molecule has 1 aliphatic heterocycles. The molecule has 2 aromatic heterocycles. The first kappa shape index (κ1) is 24.9. The van der Waals surface area contributed by atoms with E-state index < -0.39 is 17.2 Å². The quantitative estimate of drug-likeness (QED) is 0.234. The predicted molar refractivity (Wildman–Crippen MR) is 134 cm³/mol. The molecule has 0 atom stereocenters. The normalized spacial score (nSPS) is 14.8. The highest BCUT2D eigenvalue weighted by Crippen LogP contribution is 2.33. The highest BCUT2D eigenvalue weighted by Gasteiger charge is 2.33. The van der Waals surface area contributed by atoms with E-state index in [-0.39, 0.29) is 42.1 Å². The van der Waals surface area contributed by atoms with Crippen LogP contribution in [0.2, 0.25) is 0 Å². The number of pyridine rings is 1. The number of unbranched alkanes of at least 4 members (excludes halogenated alkanes) is 2. The Kier molecular flexibility index (Phi) is 8.24. The van der Waals surface area contributed by atoms with Gasteiger partial charge in [0.15, 0.2) is 5.78 Å². The van der Waals surface area contributed by atoms with E-state index in [4.69, 9.17) is 12.2 Å². The fraction of sp³-hybridized carbons (Fsp3) is 0.348. The fourth-order valence-electron chi connectivity index (χ4n) is 3.55. The van der Waals surface area contributed by atoms with Crippen LogP contribution in [0.5, 0.6) is 5.88 Å². The van der Waals surface area contributed by atoms with Crippen LogP contribution in [0.25, 0.3) is 6.08 Å². The SMILES string of the molecule is CCCCCn1c(O)c(C(=O)CCN2C(=O)/C(=C/c3cccs3)SC2=S)c(C)c(C#N)c1=O. The van der Waals surface area contributed by atoms with Crippen LogP contribution in [0.1, 0.15) is 59.0 Å². The number of carbonyl (C=O) groups is 2. The minimum atomic E-state index is -0.601. The van der Waals surface area contributed by atoms with Crippen molar-refractivity contribution in [3.8, 4) is 11.9 Å². The number of Topliss-reactive ketones (excluding diaryl/α,β-unsaturated/α-hetero) is 1. The molecule has 0 radical (unpaired) electrons. The van der Waals surface area contributed by atoms with E-state index in [1.165, 1.54) is 34.9 Å². The van der Waals surface area contributed by atoms with E-state index in [2.05, 4.69) is 0 Å². The van der Waals surface area contributed by atoms with Crippen LogP contribution < -0.4 is 5.56 Å². The molecule has 3 heterocycles. The molecule has 3 rings (SSSR count). The smallest absolute Gasteiger partial charge is 0.271 e. The van der Waals surface area contributed by atoms with Gasteiger partial charge in [0.05, 0.1) is 10.5 Å². The first-order valence-electron chi connectivity index (χ1n) is 10.5. The van der Waals surface area contributed by atoms with Gasteiger partial charge in [0.2, 0.25) is 5.88 Å². The lowest BCUT2D eigenvalue weighted by Crippen LogP contribution is -2.31. The van der Waals surface area contributed by atoms with Gasteiger partial charge in [-0.15, -0.1) is 11.3 Å². The molecule has 0 aromatic carbocycles. The Morgan fingerprint density at radius 3 is 2.70 bits per heavy atom. The molecule has 0 saturated carbocycles. The van der Waals surface area contributed by atoms with Crippen molar-refractivity contribution in [2.75, 3.05) is 6.54 Å². The van der Waals surface area contributed by atoms with Gasteiger partial charge in [-0.05, 0) is 36.4 Å². The number of hydrogen-bond acceptors (Lipinski definition) is 8. The molecule has 0 bridgehead atoms. The molecule has 0 spiro atoms. The monoisotopic (exact) mass is 501 g/mol. The van der Waals surface area contributed by atoms with Crippen LogP contribution in [-0.2, 0) is 11.3 Å². The Labute approximate surface area is 205 Å². The Morgan fingerprint density at radius 1 is 1.30 bits per heavy atom. The largest absolute Gasteiger partial charge is 0.494 e. The molecule has 1 aliphatic rings. The molecule has 33 heavy (non-hydrogen) atoms. The van der Waals surface area contributed by atoms with E-state index >= 15 is 0 Å². The minimum absolute atomic E-state index is 0.0427. The van der Waals surface area contributed by atoms with Crippen molar-refractivity contribution >= 4 is 57.4 Å². The van der Waals surface area contributed by atoms with Gasteiger partial charge in [-0.25, -0.2) is 0 Å². The average molecular weight is 502 g/mol. The Hall–Kier alpha value is -2.74. The number of thiophene rings is 1. The van der Waals surface area contributed by atoms with Crippen LogP contribution in [-0.4, -0.2) is 37.1 Å². The van der Waals surface area contributed by atoms with Crippen molar-refractivity contribution in [2.45, 2.75) is 46.1 Å². The highest BCUT2D eigenvalue weighted by molar-refractivity contribution is 8.26. The van der Waals surface area contributed by atoms with Crippen molar-refractivity contribution in [1.29, 1.82) is 5.26 Å². The van der Waals surface area contributed by atoms with E-state index in [0.29, 0.717) is 15.6 Å². The van der Waals surface area contributed by atoms with Gasteiger partial charge in [0, 0.05) is 24.4 Å². The number of thioether (sulfide) groups is 1. The molecule has 7 nitrogen and oxygen atoms in total. The molecular formula is C23H23N3O4S3. The van der Waals surface area contributed by atoms with Crippen LogP contribution in [0.15, 0.2) is 27.2 Å². The zero-order valence-corrected chi connectivity index (χ0v) is 20.7. The number of rotatable bonds is 9. The lowest BCUT2D eigenvalue weighted by Gasteiger charge is -2.17. The number of hydrogen-bond donors (Lipinski definition) is 1. The second-order valence-corrected chi connectivity index (χ2v) is 10.2. The predicted octanol–water partition coefficient (Wildman–Crippen LogP) is 4.46. The third kappa shape index (κ3) is 5.27. The second kappa shape index (κ2) is 10.9. The summed E-state index contributed by atoms with van der Waals surface area (Å²) < 4.78 is 1.46. The zero-order valence-electron chi connectivity index (χ0n) is 18.3. The van der Waals surface area contributed by atoms with Crippen molar-refractivity contribution in [2.24, 2.45) is 0 Å². The fourth-order valence-corrected chi connectivity index (χ4v) is 5.58. The number of thiocarbonyl (C=S) groups is 1. The molecule has 1 fully saturated rings. The van der Waals surface area contributed by atoms with Crippen LogP contribution >= 0.6 is 35.3 Å². The van der Waals surface area contributed by atoms with Gasteiger partial charge >= 0.3 is 0 Å². The standard InChI is InChI=1S/C23H23N3O4S3/c1-3-4-5-9-25-20(28)16(13-24)14(2)19(22(25)30)17(27)8-10-26-21(29)18(33-23(26)31)12-15-7-6-11-32-15/h6-7,11-12,30H,3-5,8-10H2,1-2H3/b18-12-. The Balaban J connectivity index is 1.82. The van der Waals surface area contributed by atoms with Crippen molar-refractivity contribution < 1.29 is 14.7 Å². The highest BCUT2D eigenvalue weighted by atomic mass is 32.2. The number of amides is 1. The van der Waals surface area contributed by atoms with Crippen LogP contribution in [0.4, 0.5) is 0 Å². The maximum atomic E-state index is 13.1. The van der Waals surface area contributed by atoms with Crippen LogP contribution in [0.3, 0.4) is 0 Å². The second-order valence-electron chi connectivity index (χ2n) is 7.50. The van der Waals surface area contributed by atoms with Gasteiger partial charge in [0.1, 0.15) is 16.0 Å². The summed E-state index contributed by atoms with van der Waals surface area (Å²) >= 11 is 8.02. The molecule has 2 aromatic rings. The zero-order chi connectivity index (χ0) is 24.1. The average Bonchev–Trinajstić information content (AvgIpc) is 3.38. The van der Waals surface area contributed by atoms with Crippen molar-refractivity contribution in [1.82, 2.24) is 9.47 Å². The number of nitriles is 1. The Morgan fingerprint density at radius 2 is 2.06 bits per heavy atom. The molecule has 10 heteroatoms. The Bertz CT molecular complexity index is 1220. The summed E-state index contributed by atoms with van der Waals surface area (Å²) in [5, 5.41) is 22.1. The van der Waals surface area contributed by atoms with Crippen molar-refractivity contribution in [3.63, 3.8) is 0 Å². The maximum absolute atomic E-state index is 13.1. The maximum Gasteiger partial charge on any atom is 0.271 e. The van der Waals surface area contributed by atoms with E-state index in [1.54, 1.807) is 6.08 Å².